The fraction of sp³-hybridized carbons (Fsp3) is 0.231. The van der Waals surface area contributed by atoms with Crippen molar-refractivity contribution in [1.29, 1.82) is 5.26 Å². The smallest absolute Gasteiger partial charge is 0.228 e. The summed E-state index contributed by atoms with van der Waals surface area (Å²) in [6.45, 7) is 6.27. The summed E-state index contributed by atoms with van der Waals surface area (Å²) < 4.78 is 2.01. The van der Waals surface area contributed by atoms with Crippen molar-refractivity contribution in [3.8, 4) is 6.07 Å². The molecule has 0 atom stereocenters. The number of hydrogen-bond donors (Lipinski definition) is 1. The number of benzene rings is 1. The van der Waals surface area contributed by atoms with E-state index in [1.165, 1.54) is 18.7 Å². The van der Waals surface area contributed by atoms with Crippen LogP contribution in [-0.2, 0) is 16.8 Å². The molecule has 3 aromatic heterocycles. The molecule has 1 amide bonds. The standard InChI is InChI=1S/C26H24N6O2/c1-4-26(2,3)32-15-22(21-14-29-16-30-25(21)32)24(34)19-10-20(13-28-12-19)31-23(33)9-17-5-7-18(11-27)8-6-17/h5-8,10,12-16H,4,9H2,1-3H3,(H,31,33). The summed E-state index contributed by atoms with van der Waals surface area (Å²) in [5, 5.41) is 12.4. The zero-order valence-electron chi connectivity index (χ0n) is 19.2. The highest BCUT2D eigenvalue weighted by atomic mass is 16.1. The summed E-state index contributed by atoms with van der Waals surface area (Å²) in [7, 11) is 0. The second-order valence-corrected chi connectivity index (χ2v) is 8.66. The average Bonchev–Trinajstić information content (AvgIpc) is 3.25. The molecule has 1 N–H and O–H groups in total. The number of anilines is 1. The molecule has 0 bridgehead atoms. The van der Waals surface area contributed by atoms with E-state index < -0.39 is 0 Å². The van der Waals surface area contributed by atoms with E-state index in [1.807, 2.05) is 10.8 Å². The van der Waals surface area contributed by atoms with Gasteiger partial charge in [-0.1, -0.05) is 19.1 Å². The fourth-order valence-corrected chi connectivity index (χ4v) is 3.65. The predicted octanol–water partition coefficient (Wildman–Crippen LogP) is 4.26. The number of nitrogens with one attached hydrogen (secondary N) is 1. The Morgan fingerprint density at radius 1 is 1.12 bits per heavy atom. The van der Waals surface area contributed by atoms with E-state index in [-0.39, 0.29) is 23.7 Å². The summed E-state index contributed by atoms with van der Waals surface area (Å²) in [4.78, 5) is 38.6. The molecular formula is C26H24N6O2. The van der Waals surface area contributed by atoms with Crippen molar-refractivity contribution < 1.29 is 9.59 Å². The van der Waals surface area contributed by atoms with Gasteiger partial charge >= 0.3 is 0 Å². The van der Waals surface area contributed by atoms with Gasteiger partial charge in [-0.05, 0) is 44.0 Å². The van der Waals surface area contributed by atoms with Crippen molar-refractivity contribution in [2.45, 2.75) is 39.2 Å². The van der Waals surface area contributed by atoms with Crippen LogP contribution in [0.3, 0.4) is 0 Å². The summed E-state index contributed by atoms with van der Waals surface area (Å²) in [6.07, 6.45) is 8.92. The van der Waals surface area contributed by atoms with Crippen molar-refractivity contribution in [3.63, 3.8) is 0 Å². The number of rotatable bonds is 7. The summed E-state index contributed by atoms with van der Waals surface area (Å²) >= 11 is 0. The zero-order chi connectivity index (χ0) is 24.3. The van der Waals surface area contributed by atoms with E-state index in [1.54, 1.807) is 36.5 Å². The van der Waals surface area contributed by atoms with Gasteiger partial charge in [-0.2, -0.15) is 5.26 Å². The minimum atomic E-state index is -0.245. The van der Waals surface area contributed by atoms with Crippen molar-refractivity contribution in [3.05, 3.63) is 83.7 Å². The number of ketones is 1. The van der Waals surface area contributed by atoms with Crippen molar-refractivity contribution in [1.82, 2.24) is 19.5 Å². The number of pyridine rings is 1. The van der Waals surface area contributed by atoms with Gasteiger partial charge in [0.15, 0.2) is 5.78 Å². The first-order chi connectivity index (χ1) is 16.3. The van der Waals surface area contributed by atoms with Gasteiger partial charge in [0.05, 0.1) is 35.5 Å². The van der Waals surface area contributed by atoms with Crippen LogP contribution in [0.4, 0.5) is 5.69 Å². The Balaban J connectivity index is 1.58. The first-order valence-electron chi connectivity index (χ1n) is 10.9. The first-order valence-corrected chi connectivity index (χ1v) is 10.9. The van der Waals surface area contributed by atoms with Crippen LogP contribution in [0.2, 0.25) is 0 Å². The van der Waals surface area contributed by atoms with E-state index in [0.29, 0.717) is 33.4 Å². The van der Waals surface area contributed by atoms with Gasteiger partial charge < -0.3 is 9.88 Å². The third-order valence-electron chi connectivity index (χ3n) is 5.96. The van der Waals surface area contributed by atoms with Gasteiger partial charge in [0, 0.05) is 35.1 Å². The Labute approximate surface area is 197 Å². The van der Waals surface area contributed by atoms with Crippen molar-refractivity contribution in [2.24, 2.45) is 0 Å². The number of nitriles is 1. The number of aromatic nitrogens is 4. The average molecular weight is 453 g/mol. The van der Waals surface area contributed by atoms with Gasteiger partial charge in [0.1, 0.15) is 12.0 Å². The number of hydrogen-bond acceptors (Lipinski definition) is 6. The second-order valence-electron chi connectivity index (χ2n) is 8.66. The molecule has 0 unspecified atom stereocenters. The van der Waals surface area contributed by atoms with Crippen LogP contribution in [0.15, 0.2) is 61.4 Å². The van der Waals surface area contributed by atoms with Crippen LogP contribution in [-0.4, -0.2) is 31.2 Å². The summed E-state index contributed by atoms with van der Waals surface area (Å²) in [5.74, 6) is -0.466. The maximum atomic E-state index is 13.4. The molecule has 0 saturated carbocycles. The lowest BCUT2D eigenvalue weighted by atomic mass is 10.0. The molecule has 34 heavy (non-hydrogen) atoms. The van der Waals surface area contributed by atoms with Crippen LogP contribution >= 0.6 is 0 Å². The summed E-state index contributed by atoms with van der Waals surface area (Å²) in [5.41, 5.74) is 3.05. The van der Waals surface area contributed by atoms with Crippen LogP contribution < -0.4 is 5.32 Å². The van der Waals surface area contributed by atoms with Crippen LogP contribution in [0.5, 0.6) is 0 Å². The SMILES string of the molecule is CCC(C)(C)n1cc(C(=O)c2cncc(NC(=O)Cc3ccc(C#N)cc3)c2)c2cncnc21. The third kappa shape index (κ3) is 4.55. The molecule has 0 aliphatic heterocycles. The molecule has 0 aliphatic rings. The summed E-state index contributed by atoms with van der Waals surface area (Å²) in [6, 6.07) is 10.5. The van der Waals surface area contributed by atoms with Crippen molar-refractivity contribution in [2.75, 3.05) is 5.32 Å². The Hall–Kier alpha value is -4.38. The molecule has 170 valence electrons. The number of carbonyl (C=O) groups excluding carboxylic acids is 2. The van der Waals surface area contributed by atoms with E-state index in [2.05, 4.69) is 47.1 Å². The number of fused-ring (bicyclic) bond motifs is 1. The Bertz CT molecular complexity index is 1410. The zero-order valence-corrected chi connectivity index (χ0v) is 19.2. The van der Waals surface area contributed by atoms with Crippen LogP contribution in [0.25, 0.3) is 11.0 Å². The number of nitrogens with zero attached hydrogens (tertiary/aromatic N) is 5. The molecule has 4 rings (SSSR count). The number of amides is 1. The van der Waals surface area contributed by atoms with Gasteiger partial charge in [0.25, 0.3) is 0 Å². The van der Waals surface area contributed by atoms with Gasteiger partial charge in [-0.15, -0.1) is 0 Å². The molecule has 0 aliphatic carbocycles. The fourth-order valence-electron chi connectivity index (χ4n) is 3.65. The first kappa shape index (κ1) is 22.8. The molecule has 0 spiro atoms. The lowest BCUT2D eigenvalue weighted by Crippen LogP contribution is -2.24. The van der Waals surface area contributed by atoms with E-state index >= 15 is 0 Å². The Kier molecular flexibility index (Phi) is 6.19. The molecule has 0 saturated heterocycles. The minimum absolute atomic E-state index is 0.140. The normalized spacial score (nSPS) is 11.2. The van der Waals surface area contributed by atoms with E-state index in [0.717, 1.165) is 12.0 Å². The highest BCUT2D eigenvalue weighted by molar-refractivity contribution is 6.16. The molecule has 1 aromatic carbocycles. The molecule has 0 fully saturated rings. The van der Waals surface area contributed by atoms with Gasteiger partial charge in [-0.3, -0.25) is 14.6 Å². The largest absolute Gasteiger partial charge is 0.326 e. The quantitative estimate of drug-likeness (QED) is 0.419. The lowest BCUT2D eigenvalue weighted by molar-refractivity contribution is -0.115. The van der Waals surface area contributed by atoms with Crippen LogP contribution in [0.1, 0.15) is 54.2 Å². The van der Waals surface area contributed by atoms with Crippen molar-refractivity contribution >= 4 is 28.4 Å². The third-order valence-corrected chi connectivity index (χ3v) is 5.96. The molecule has 4 aromatic rings. The molecule has 0 radical (unpaired) electrons. The highest BCUT2D eigenvalue weighted by Gasteiger charge is 2.25. The maximum absolute atomic E-state index is 13.4. The van der Waals surface area contributed by atoms with Crippen LogP contribution in [0, 0.1) is 11.3 Å². The monoisotopic (exact) mass is 452 g/mol. The maximum Gasteiger partial charge on any atom is 0.228 e. The van der Waals surface area contributed by atoms with Gasteiger partial charge in [0.2, 0.25) is 5.91 Å². The van der Waals surface area contributed by atoms with Gasteiger partial charge in [-0.25, -0.2) is 9.97 Å². The second kappa shape index (κ2) is 9.24. The highest BCUT2D eigenvalue weighted by Crippen LogP contribution is 2.29. The topological polar surface area (TPSA) is 114 Å². The Morgan fingerprint density at radius 3 is 2.59 bits per heavy atom. The molecule has 3 heterocycles. The number of carbonyl (C=O) groups is 2. The molecule has 8 nitrogen and oxygen atoms in total. The van der Waals surface area contributed by atoms with E-state index in [9.17, 15) is 9.59 Å². The van der Waals surface area contributed by atoms with E-state index in [4.69, 9.17) is 5.26 Å². The predicted molar refractivity (Wildman–Crippen MR) is 128 cm³/mol. The Morgan fingerprint density at radius 2 is 1.88 bits per heavy atom. The minimum Gasteiger partial charge on any atom is -0.326 e. The molecular weight excluding hydrogens is 428 g/mol. The molecule has 8 heteroatoms. The lowest BCUT2D eigenvalue weighted by Gasteiger charge is -2.25.